The second-order valence-electron chi connectivity index (χ2n) is 2.41. The third-order valence-corrected chi connectivity index (χ3v) is 2.12. The van der Waals surface area contributed by atoms with Crippen molar-refractivity contribution >= 4 is 22.0 Å². The number of isocyanates is 1. The predicted octanol–water partition coefficient (Wildman–Crippen LogP) is 2.54. The van der Waals surface area contributed by atoms with Gasteiger partial charge < -0.3 is 5.11 Å². The Balaban J connectivity index is 3.20. The molecule has 6 heteroatoms. The van der Waals surface area contributed by atoms with Gasteiger partial charge in [0.1, 0.15) is 5.75 Å². The molecular formula is C8H4BrF2NO2. The Kier molecular flexibility index (Phi) is 2.98. The zero-order valence-electron chi connectivity index (χ0n) is 6.67. The van der Waals surface area contributed by atoms with Gasteiger partial charge in [-0.3, -0.25) is 0 Å². The first kappa shape index (κ1) is 10.8. The van der Waals surface area contributed by atoms with Gasteiger partial charge in [0.15, 0.2) is 0 Å². The Morgan fingerprint density at radius 1 is 1.50 bits per heavy atom. The van der Waals surface area contributed by atoms with Crippen molar-refractivity contribution < 1.29 is 18.7 Å². The summed E-state index contributed by atoms with van der Waals surface area (Å²) in [5, 5.41) is 9.04. The lowest BCUT2D eigenvalue weighted by molar-refractivity contribution is 0.00608. The Morgan fingerprint density at radius 3 is 2.64 bits per heavy atom. The lowest BCUT2D eigenvalue weighted by Gasteiger charge is -2.09. The number of aliphatic imine (C=N–C) groups is 1. The molecule has 0 spiro atoms. The highest BCUT2D eigenvalue weighted by Crippen LogP contribution is 2.33. The standard InChI is InChI=1S/C8H4BrF2NO2/c9-6-3-5(1-2-7(6)14)8(10,11)12-4-13/h1-3,14H. The fourth-order valence-corrected chi connectivity index (χ4v) is 1.19. The topological polar surface area (TPSA) is 49.7 Å². The lowest BCUT2D eigenvalue weighted by atomic mass is 10.2. The van der Waals surface area contributed by atoms with E-state index < -0.39 is 11.6 Å². The van der Waals surface area contributed by atoms with Crippen molar-refractivity contribution in [2.45, 2.75) is 6.05 Å². The van der Waals surface area contributed by atoms with E-state index in [1.165, 1.54) is 0 Å². The number of hydrogen-bond acceptors (Lipinski definition) is 3. The number of alkyl halides is 2. The number of phenolic OH excluding ortho intramolecular Hbond substituents is 1. The van der Waals surface area contributed by atoms with E-state index in [1.807, 2.05) is 0 Å². The van der Waals surface area contributed by atoms with Crippen LogP contribution in [0.3, 0.4) is 0 Å². The molecule has 1 N–H and O–H groups in total. The molecule has 0 unspecified atom stereocenters. The van der Waals surface area contributed by atoms with Crippen molar-refractivity contribution in [3.63, 3.8) is 0 Å². The second kappa shape index (κ2) is 3.86. The molecule has 0 aliphatic heterocycles. The molecule has 14 heavy (non-hydrogen) atoms. The summed E-state index contributed by atoms with van der Waals surface area (Å²) < 4.78 is 26.0. The maximum Gasteiger partial charge on any atom is 0.379 e. The van der Waals surface area contributed by atoms with Crippen LogP contribution in [-0.2, 0) is 10.8 Å². The van der Waals surface area contributed by atoms with E-state index in [0.717, 1.165) is 24.3 Å². The van der Waals surface area contributed by atoms with E-state index in [-0.39, 0.29) is 10.2 Å². The van der Waals surface area contributed by atoms with Crippen molar-refractivity contribution in [2.75, 3.05) is 0 Å². The van der Waals surface area contributed by atoms with Crippen molar-refractivity contribution in [3.8, 4) is 5.75 Å². The van der Waals surface area contributed by atoms with Gasteiger partial charge in [0.25, 0.3) is 0 Å². The lowest BCUT2D eigenvalue weighted by Crippen LogP contribution is -2.09. The molecule has 0 amide bonds. The number of hydrogen-bond donors (Lipinski definition) is 1. The molecule has 0 aliphatic rings. The molecule has 0 fully saturated rings. The van der Waals surface area contributed by atoms with Crippen LogP contribution in [0.2, 0.25) is 0 Å². The molecule has 0 atom stereocenters. The number of halogens is 3. The zero-order chi connectivity index (χ0) is 10.8. The summed E-state index contributed by atoms with van der Waals surface area (Å²) >= 11 is 2.87. The van der Waals surface area contributed by atoms with Crippen LogP contribution >= 0.6 is 15.9 Å². The molecule has 0 aromatic heterocycles. The summed E-state index contributed by atoms with van der Waals surface area (Å²) in [5.74, 6) is -0.167. The molecule has 3 nitrogen and oxygen atoms in total. The van der Waals surface area contributed by atoms with E-state index in [1.54, 1.807) is 0 Å². The van der Waals surface area contributed by atoms with Crippen LogP contribution in [0.5, 0.6) is 5.75 Å². The maximum absolute atomic E-state index is 12.9. The summed E-state index contributed by atoms with van der Waals surface area (Å²) in [6.07, 6.45) is 0.788. The van der Waals surface area contributed by atoms with Crippen molar-refractivity contribution in [2.24, 2.45) is 4.99 Å². The summed E-state index contributed by atoms with van der Waals surface area (Å²) in [5.41, 5.74) is -0.495. The van der Waals surface area contributed by atoms with Gasteiger partial charge in [-0.25, -0.2) is 4.79 Å². The number of phenols is 1. The van der Waals surface area contributed by atoms with Crippen molar-refractivity contribution in [1.82, 2.24) is 0 Å². The van der Waals surface area contributed by atoms with Crippen molar-refractivity contribution in [3.05, 3.63) is 28.2 Å². The highest BCUT2D eigenvalue weighted by Gasteiger charge is 2.31. The molecule has 0 saturated carbocycles. The Morgan fingerprint density at radius 2 is 2.14 bits per heavy atom. The normalized spacial score (nSPS) is 10.8. The highest BCUT2D eigenvalue weighted by atomic mass is 79.9. The molecule has 0 aliphatic carbocycles. The number of nitrogens with zero attached hydrogens (tertiary/aromatic N) is 1. The summed E-state index contributed by atoms with van der Waals surface area (Å²) in [6, 6.07) is -0.581. The number of rotatable bonds is 2. The van der Waals surface area contributed by atoms with Gasteiger partial charge in [-0.05, 0) is 34.1 Å². The second-order valence-corrected chi connectivity index (χ2v) is 3.26. The minimum atomic E-state index is -3.61. The van der Waals surface area contributed by atoms with Gasteiger partial charge >= 0.3 is 6.05 Å². The van der Waals surface area contributed by atoms with Gasteiger partial charge in [0.2, 0.25) is 6.08 Å². The summed E-state index contributed by atoms with van der Waals surface area (Å²) in [7, 11) is 0. The molecule has 0 radical (unpaired) electrons. The molecule has 0 heterocycles. The number of benzene rings is 1. The third kappa shape index (κ3) is 2.16. The van der Waals surface area contributed by atoms with Crippen LogP contribution in [0.4, 0.5) is 8.78 Å². The average molecular weight is 264 g/mol. The maximum atomic E-state index is 12.9. The molecule has 0 saturated heterocycles. The Hall–Kier alpha value is -1.26. The monoisotopic (exact) mass is 263 g/mol. The largest absolute Gasteiger partial charge is 0.507 e. The van der Waals surface area contributed by atoms with Crippen molar-refractivity contribution in [1.29, 1.82) is 0 Å². The molecular weight excluding hydrogens is 260 g/mol. The first-order valence-corrected chi connectivity index (χ1v) is 4.22. The zero-order valence-corrected chi connectivity index (χ0v) is 8.25. The summed E-state index contributed by atoms with van der Waals surface area (Å²) in [4.78, 5) is 12.1. The summed E-state index contributed by atoms with van der Waals surface area (Å²) in [6.45, 7) is 0. The van der Waals surface area contributed by atoms with Crippen LogP contribution in [-0.4, -0.2) is 11.2 Å². The van der Waals surface area contributed by atoms with E-state index in [9.17, 15) is 13.6 Å². The molecule has 1 rings (SSSR count). The van der Waals surface area contributed by atoms with Gasteiger partial charge in [-0.2, -0.15) is 8.78 Å². The predicted molar refractivity (Wildman–Crippen MR) is 47.8 cm³/mol. The Labute approximate surface area is 86.2 Å². The fourth-order valence-electron chi connectivity index (χ4n) is 0.816. The number of aromatic hydroxyl groups is 1. The van der Waals surface area contributed by atoms with Gasteiger partial charge in [0, 0.05) is 5.56 Å². The quantitative estimate of drug-likeness (QED) is 0.507. The van der Waals surface area contributed by atoms with Crippen LogP contribution in [0, 0.1) is 0 Å². The van der Waals surface area contributed by atoms with Crippen LogP contribution in [0.15, 0.2) is 27.7 Å². The van der Waals surface area contributed by atoms with Crippen LogP contribution < -0.4 is 0 Å². The van der Waals surface area contributed by atoms with E-state index in [4.69, 9.17) is 5.11 Å². The van der Waals surface area contributed by atoms with Crippen LogP contribution in [0.1, 0.15) is 5.56 Å². The van der Waals surface area contributed by atoms with Crippen LogP contribution in [0.25, 0.3) is 0 Å². The molecule has 1 aromatic rings. The van der Waals surface area contributed by atoms with E-state index in [2.05, 4.69) is 20.9 Å². The van der Waals surface area contributed by atoms with Gasteiger partial charge in [-0.1, -0.05) is 0 Å². The minimum Gasteiger partial charge on any atom is -0.507 e. The third-order valence-electron chi connectivity index (χ3n) is 1.48. The smallest absolute Gasteiger partial charge is 0.379 e. The fraction of sp³-hybridized carbons (Fsp3) is 0.125. The molecule has 1 aromatic carbocycles. The minimum absolute atomic E-state index is 0.107. The first-order valence-electron chi connectivity index (χ1n) is 3.43. The van der Waals surface area contributed by atoms with E-state index >= 15 is 0 Å². The van der Waals surface area contributed by atoms with Gasteiger partial charge in [-0.15, -0.1) is 4.99 Å². The first-order chi connectivity index (χ1) is 6.47. The number of carbonyl (C=O) groups excluding carboxylic acids is 1. The highest BCUT2D eigenvalue weighted by molar-refractivity contribution is 9.10. The SMILES string of the molecule is O=C=NC(F)(F)c1ccc(O)c(Br)c1. The van der Waals surface area contributed by atoms with E-state index in [0.29, 0.717) is 0 Å². The molecule has 74 valence electrons. The average Bonchev–Trinajstić information content (AvgIpc) is 2.09. The Bertz CT molecular complexity index is 402. The van der Waals surface area contributed by atoms with Gasteiger partial charge in [0.05, 0.1) is 4.47 Å². The molecule has 0 bridgehead atoms.